The third-order valence-electron chi connectivity index (χ3n) is 3.02. The van der Waals surface area contributed by atoms with Crippen LogP contribution in [0.25, 0.3) is 0 Å². The summed E-state index contributed by atoms with van der Waals surface area (Å²) in [7, 11) is 1.51. The van der Waals surface area contributed by atoms with Gasteiger partial charge in [0.1, 0.15) is 6.07 Å². The molecule has 0 bridgehead atoms. The van der Waals surface area contributed by atoms with Gasteiger partial charge < -0.3 is 14.6 Å². The topological polar surface area (TPSA) is 104 Å². The molecule has 0 atom stereocenters. The number of nitrogens with zero attached hydrogens (tertiary/aromatic N) is 2. The molecule has 2 aromatic carbocycles. The molecule has 0 aromatic heterocycles. The van der Waals surface area contributed by atoms with Gasteiger partial charge in [-0.15, -0.1) is 0 Å². The maximum Gasteiger partial charge on any atom is 0.335 e. The summed E-state index contributed by atoms with van der Waals surface area (Å²) in [6, 6.07) is 13.3. The van der Waals surface area contributed by atoms with E-state index in [0.717, 1.165) is 5.56 Å². The van der Waals surface area contributed by atoms with Gasteiger partial charge in [-0.05, 0) is 48.0 Å². The zero-order valence-corrected chi connectivity index (χ0v) is 12.9. The van der Waals surface area contributed by atoms with Crippen LogP contribution in [0.5, 0.6) is 11.5 Å². The van der Waals surface area contributed by atoms with Crippen LogP contribution in [0.4, 0.5) is 5.69 Å². The molecule has 0 aliphatic rings. The maximum absolute atomic E-state index is 10.8. The molecule has 24 heavy (non-hydrogen) atoms. The van der Waals surface area contributed by atoms with Crippen molar-refractivity contribution in [3.8, 4) is 17.6 Å². The summed E-state index contributed by atoms with van der Waals surface area (Å²) in [5.74, 6) is 0.00397. The first-order valence-electron chi connectivity index (χ1n) is 6.94. The highest BCUT2D eigenvalue weighted by Gasteiger charge is 2.05. The van der Waals surface area contributed by atoms with Gasteiger partial charge >= 0.3 is 5.97 Å². The normalized spacial score (nSPS) is 10.2. The van der Waals surface area contributed by atoms with Gasteiger partial charge in [0.25, 0.3) is 0 Å². The zero-order chi connectivity index (χ0) is 17.4. The molecule has 0 amide bonds. The molecule has 0 heterocycles. The summed E-state index contributed by atoms with van der Waals surface area (Å²) in [5.41, 5.74) is 4.45. The van der Waals surface area contributed by atoms with E-state index in [0.29, 0.717) is 17.2 Å². The van der Waals surface area contributed by atoms with E-state index in [-0.39, 0.29) is 12.2 Å². The number of hydrogen-bond acceptors (Lipinski definition) is 6. The molecule has 0 unspecified atom stereocenters. The van der Waals surface area contributed by atoms with E-state index < -0.39 is 5.97 Å². The number of nitrogens with one attached hydrogen (secondary N) is 1. The average Bonchev–Trinajstić information content (AvgIpc) is 2.60. The Balaban J connectivity index is 2.03. The van der Waals surface area contributed by atoms with Gasteiger partial charge in [0.2, 0.25) is 0 Å². The van der Waals surface area contributed by atoms with Gasteiger partial charge in [-0.2, -0.15) is 10.4 Å². The number of methoxy groups -OCH3 is 1. The van der Waals surface area contributed by atoms with Gasteiger partial charge in [-0.1, -0.05) is 0 Å². The first kappa shape index (κ1) is 16.8. The van der Waals surface area contributed by atoms with Crippen molar-refractivity contribution < 1.29 is 19.4 Å². The molecule has 0 aliphatic heterocycles. The van der Waals surface area contributed by atoms with Crippen molar-refractivity contribution in [3.05, 3.63) is 53.6 Å². The summed E-state index contributed by atoms with van der Waals surface area (Å²) < 4.78 is 10.5. The minimum atomic E-state index is -0.976. The van der Waals surface area contributed by atoms with Crippen LogP contribution in [-0.2, 0) is 0 Å². The van der Waals surface area contributed by atoms with Crippen LogP contribution in [-0.4, -0.2) is 31.0 Å². The number of anilines is 1. The van der Waals surface area contributed by atoms with Gasteiger partial charge in [0.15, 0.2) is 18.1 Å². The monoisotopic (exact) mass is 325 g/mol. The molecular formula is C17H15N3O4. The number of rotatable bonds is 7. The van der Waals surface area contributed by atoms with Crippen molar-refractivity contribution >= 4 is 17.9 Å². The van der Waals surface area contributed by atoms with Crippen molar-refractivity contribution in [2.45, 2.75) is 0 Å². The van der Waals surface area contributed by atoms with E-state index in [4.69, 9.17) is 19.8 Å². The van der Waals surface area contributed by atoms with Gasteiger partial charge in [0, 0.05) is 0 Å². The summed E-state index contributed by atoms with van der Waals surface area (Å²) in [5, 5.41) is 21.5. The largest absolute Gasteiger partial charge is 0.493 e. The van der Waals surface area contributed by atoms with Crippen molar-refractivity contribution in [3.63, 3.8) is 0 Å². The lowest BCUT2D eigenvalue weighted by atomic mass is 10.2. The Morgan fingerprint density at radius 3 is 2.67 bits per heavy atom. The molecule has 2 rings (SSSR count). The highest BCUT2D eigenvalue weighted by atomic mass is 16.5. The van der Waals surface area contributed by atoms with E-state index in [1.54, 1.807) is 36.5 Å². The second kappa shape index (κ2) is 8.19. The van der Waals surface area contributed by atoms with Crippen molar-refractivity contribution in [1.82, 2.24) is 0 Å². The van der Waals surface area contributed by atoms with Crippen LogP contribution in [0.15, 0.2) is 47.6 Å². The number of carboxylic acids is 1. The lowest BCUT2D eigenvalue weighted by Gasteiger charge is -2.08. The van der Waals surface area contributed by atoms with Crippen LogP contribution in [0.3, 0.4) is 0 Å². The van der Waals surface area contributed by atoms with Gasteiger partial charge in [0.05, 0.1) is 24.6 Å². The number of hydrogen-bond donors (Lipinski definition) is 2. The smallest absolute Gasteiger partial charge is 0.335 e. The molecule has 0 aliphatic carbocycles. The molecule has 2 aromatic rings. The highest BCUT2D eigenvalue weighted by Crippen LogP contribution is 2.27. The number of hydrazone groups is 1. The van der Waals surface area contributed by atoms with Crippen molar-refractivity contribution in [2.75, 3.05) is 19.1 Å². The van der Waals surface area contributed by atoms with E-state index in [1.165, 1.54) is 19.2 Å². The van der Waals surface area contributed by atoms with Crippen LogP contribution in [0.2, 0.25) is 0 Å². The first-order valence-corrected chi connectivity index (χ1v) is 6.94. The maximum atomic E-state index is 10.8. The first-order chi connectivity index (χ1) is 11.6. The van der Waals surface area contributed by atoms with Crippen molar-refractivity contribution in [1.29, 1.82) is 5.26 Å². The Kier molecular flexibility index (Phi) is 5.75. The second-order valence-electron chi connectivity index (χ2n) is 4.61. The number of carbonyl (C=O) groups is 1. The quantitative estimate of drug-likeness (QED) is 0.599. The van der Waals surface area contributed by atoms with E-state index in [2.05, 4.69) is 10.5 Å². The Labute approximate surface area is 138 Å². The molecule has 7 nitrogen and oxygen atoms in total. The van der Waals surface area contributed by atoms with Crippen LogP contribution < -0.4 is 14.9 Å². The standard InChI is InChI=1S/C17H15N3O4/c1-23-16-10-12(2-7-15(16)24-9-8-18)11-19-20-14-5-3-13(4-6-14)17(21)22/h2-7,10-11,20H,9H2,1H3,(H,21,22). The highest BCUT2D eigenvalue weighted by molar-refractivity contribution is 5.88. The fourth-order valence-corrected chi connectivity index (χ4v) is 1.86. The second-order valence-corrected chi connectivity index (χ2v) is 4.61. The minimum Gasteiger partial charge on any atom is -0.493 e. The van der Waals surface area contributed by atoms with Crippen LogP contribution in [0.1, 0.15) is 15.9 Å². The molecule has 0 saturated heterocycles. The average molecular weight is 325 g/mol. The lowest BCUT2D eigenvalue weighted by Crippen LogP contribution is -1.98. The summed E-state index contributed by atoms with van der Waals surface area (Å²) >= 11 is 0. The summed E-state index contributed by atoms with van der Waals surface area (Å²) in [4.78, 5) is 10.8. The van der Waals surface area contributed by atoms with E-state index >= 15 is 0 Å². The molecule has 0 spiro atoms. The number of carboxylic acid groups (broad SMARTS) is 1. The Morgan fingerprint density at radius 1 is 1.29 bits per heavy atom. The molecule has 122 valence electrons. The predicted molar refractivity (Wildman–Crippen MR) is 88.7 cm³/mol. The van der Waals surface area contributed by atoms with E-state index in [9.17, 15) is 4.79 Å². The number of ether oxygens (including phenoxy) is 2. The van der Waals surface area contributed by atoms with Crippen LogP contribution >= 0.6 is 0 Å². The van der Waals surface area contributed by atoms with E-state index in [1.807, 2.05) is 6.07 Å². The molecular weight excluding hydrogens is 310 g/mol. The Morgan fingerprint density at radius 2 is 2.04 bits per heavy atom. The third kappa shape index (κ3) is 4.48. The fraction of sp³-hybridized carbons (Fsp3) is 0.118. The number of benzene rings is 2. The fourth-order valence-electron chi connectivity index (χ4n) is 1.86. The number of nitriles is 1. The zero-order valence-electron chi connectivity index (χ0n) is 12.9. The summed E-state index contributed by atoms with van der Waals surface area (Å²) in [6.07, 6.45) is 1.59. The summed E-state index contributed by atoms with van der Waals surface area (Å²) in [6.45, 7) is -0.0578. The molecule has 0 fully saturated rings. The molecule has 7 heteroatoms. The SMILES string of the molecule is COc1cc(C=NNc2ccc(C(=O)O)cc2)ccc1OCC#N. The molecule has 0 saturated carbocycles. The minimum absolute atomic E-state index is 0.0578. The van der Waals surface area contributed by atoms with Crippen LogP contribution in [0, 0.1) is 11.3 Å². The Bertz CT molecular complexity index is 779. The number of aromatic carboxylic acids is 1. The lowest BCUT2D eigenvalue weighted by molar-refractivity contribution is 0.0697. The predicted octanol–water partition coefficient (Wildman–Crippen LogP) is 2.74. The Hall–Kier alpha value is -3.53. The van der Waals surface area contributed by atoms with Gasteiger partial charge in [-0.3, -0.25) is 5.43 Å². The molecule has 2 N–H and O–H groups in total. The van der Waals surface area contributed by atoms with Gasteiger partial charge in [-0.25, -0.2) is 4.79 Å². The van der Waals surface area contributed by atoms with Crippen molar-refractivity contribution in [2.24, 2.45) is 5.10 Å². The third-order valence-corrected chi connectivity index (χ3v) is 3.02. The molecule has 0 radical (unpaired) electrons.